The van der Waals surface area contributed by atoms with E-state index in [4.69, 9.17) is 4.98 Å². The van der Waals surface area contributed by atoms with E-state index in [0.717, 1.165) is 59.9 Å². The summed E-state index contributed by atoms with van der Waals surface area (Å²) in [6.45, 7) is 10.5. The lowest BCUT2D eigenvalue weighted by Gasteiger charge is -2.17. The van der Waals surface area contributed by atoms with Crippen LogP contribution in [0.3, 0.4) is 0 Å². The van der Waals surface area contributed by atoms with Gasteiger partial charge in [-0.05, 0) is 43.2 Å². The molecule has 0 radical (unpaired) electrons. The number of hydrogen-bond acceptors (Lipinski definition) is 3. The summed E-state index contributed by atoms with van der Waals surface area (Å²) in [6.07, 6.45) is 5.20. The van der Waals surface area contributed by atoms with Crippen molar-refractivity contribution in [3.05, 3.63) is 71.4 Å². The molecule has 0 saturated heterocycles. The van der Waals surface area contributed by atoms with Crippen molar-refractivity contribution in [2.75, 3.05) is 11.4 Å². The Morgan fingerprint density at radius 1 is 0.903 bits per heavy atom. The zero-order valence-corrected chi connectivity index (χ0v) is 20.5. The molecule has 1 amide bonds. The zero-order valence-electron chi connectivity index (χ0n) is 19.6. The molecule has 0 bridgehead atoms. The van der Waals surface area contributed by atoms with E-state index in [1.165, 1.54) is 11.1 Å². The van der Waals surface area contributed by atoms with Crippen molar-refractivity contribution in [3.8, 4) is 10.6 Å². The van der Waals surface area contributed by atoms with Crippen molar-refractivity contribution in [2.45, 2.75) is 66.7 Å². The number of rotatable bonds is 4. The predicted molar refractivity (Wildman–Crippen MR) is 135 cm³/mol. The molecule has 1 aliphatic rings. The van der Waals surface area contributed by atoms with Crippen LogP contribution in [0.5, 0.6) is 0 Å². The molecule has 0 atom stereocenters. The van der Waals surface area contributed by atoms with Crippen molar-refractivity contribution in [1.82, 2.24) is 4.98 Å². The Labute approximate surface area is 192 Å². The van der Waals surface area contributed by atoms with Gasteiger partial charge in [-0.2, -0.15) is 0 Å². The molecule has 0 fully saturated rings. The highest BCUT2D eigenvalue weighted by Crippen LogP contribution is 2.37. The number of carbonyl (C=O) groups is 1. The largest absolute Gasteiger partial charge is 0.302 e. The molecule has 0 saturated carbocycles. The van der Waals surface area contributed by atoms with Crippen LogP contribution in [-0.2, 0) is 24.1 Å². The molecule has 3 nitrogen and oxygen atoms in total. The highest BCUT2D eigenvalue weighted by Gasteiger charge is 2.23. The highest BCUT2D eigenvalue weighted by atomic mass is 32.1. The lowest BCUT2D eigenvalue weighted by atomic mass is 10.0. The number of aromatic nitrogens is 1. The third-order valence-corrected chi connectivity index (χ3v) is 6.26. The van der Waals surface area contributed by atoms with Gasteiger partial charge >= 0.3 is 0 Å². The van der Waals surface area contributed by atoms with Crippen LogP contribution in [0.4, 0.5) is 5.00 Å². The second kappa shape index (κ2) is 13.1. The van der Waals surface area contributed by atoms with Gasteiger partial charge in [0.1, 0.15) is 10.0 Å². The van der Waals surface area contributed by atoms with Gasteiger partial charge in [0.25, 0.3) is 0 Å². The number of benzene rings is 2. The summed E-state index contributed by atoms with van der Waals surface area (Å²) in [7, 11) is 0. The fraction of sp³-hybridized carbons (Fsp3) is 0.407. The number of amides is 1. The molecule has 0 N–H and O–H groups in total. The average molecular weight is 437 g/mol. The molecular weight excluding hydrogens is 400 g/mol. The minimum atomic E-state index is 0.115. The third-order valence-electron chi connectivity index (χ3n) is 5.09. The van der Waals surface area contributed by atoms with Gasteiger partial charge in [0.2, 0.25) is 5.91 Å². The molecule has 0 aliphatic carbocycles. The number of anilines is 1. The SMILES string of the molecule is CC.CC.CC(=O)N1CCCCc2nc(-c3ccc(CCc4ccccc4)cc3)sc21. The van der Waals surface area contributed by atoms with Crippen LogP contribution in [0.15, 0.2) is 54.6 Å². The minimum absolute atomic E-state index is 0.115. The maximum atomic E-state index is 12.0. The second-order valence-electron chi connectivity index (χ2n) is 7.08. The molecule has 3 aromatic rings. The normalized spacial score (nSPS) is 12.5. The van der Waals surface area contributed by atoms with E-state index in [1.807, 2.05) is 32.6 Å². The van der Waals surface area contributed by atoms with E-state index in [0.29, 0.717) is 0 Å². The molecule has 1 aliphatic heterocycles. The maximum Gasteiger partial charge on any atom is 0.224 e. The van der Waals surface area contributed by atoms with Gasteiger partial charge < -0.3 is 4.90 Å². The molecule has 2 aromatic carbocycles. The molecule has 0 spiro atoms. The molecule has 4 heteroatoms. The van der Waals surface area contributed by atoms with Gasteiger partial charge in [-0.15, -0.1) is 0 Å². The predicted octanol–water partition coefficient (Wildman–Crippen LogP) is 7.34. The second-order valence-corrected chi connectivity index (χ2v) is 8.06. The number of fused-ring (bicyclic) bond motifs is 1. The van der Waals surface area contributed by atoms with Gasteiger partial charge in [-0.25, -0.2) is 4.98 Å². The van der Waals surface area contributed by atoms with Crippen LogP contribution < -0.4 is 4.90 Å². The van der Waals surface area contributed by atoms with Crippen molar-refractivity contribution < 1.29 is 4.79 Å². The van der Waals surface area contributed by atoms with E-state index in [2.05, 4.69) is 54.6 Å². The summed E-state index contributed by atoms with van der Waals surface area (Å²) < 4.78 is 0. The van der Waals surface area contributed by atoms with Gasteiger partial charge in [0.15, 0.2) is 0 Å². The van der Waals surface area contributed by atoms with Gasteiger partial charge in [0, 0.05) is 19.0 Å². The number of hydrogen-bond donors (Lipinski definition) is 0. The van der Waals surface area contributed by atoms with Gasteiger partial charge in [-0.1, -0.05) is 93.6 Å². The van der Waals surface area contributed by atoms with Crippen LogP contribution in [0, 0.1) is 0 Å². The molecule has 1 aromatic heterocycles. The summed E-state index contributed by atoms with van der Waals surface area (Å²) in [5.74, 6) is 0.115. The third kappa shape index (κ3) is 6.76. The first-order valence-electron chi connectivity index (χ1n) is 11.6. The molecule has 166 valence electrons. The smallest absolute Gasteiger partial charge is 0.224 e. The first kappa shape index (κ1) is 24.8. The highest BCUT2D eigenvalue weighted by molar-refractivity contribution is 7.19. The summed E-state index contributed by atoms with van der Waals surface area (Å²) >= 11 is 1.65. The summed E-state index contributed by atoms with van der Waals surface area (Å²) in [5.41, 5.74) is 4.93. The number of carbonyl (C=O) groups excluding carboxylic acids is 1. The fourth-order valence-corrected chi connectivity index (χ4v) is 4.74. The first-order valence-corrected chi connectivity index (χ1v) is 12.4. The fourth-order valence-electron chi connectivity index (χ4n) is 3.55. The maximum absolute atomic E-state index is 12.0. The lowest BCUT2D eigenvalue weighted by Crippen LogP contribution is -2.28. The Balaban J connectivity index is 0.000000807. The Morgan fingerprint density at radius 2 is 1.52 bits per heavy atom. The topological polar surface area (TPSA) is 33.2 Å². The van der Waals surface area contributed by atoms with Crippen molar-refractivity contribution in [3.63, 3.8) is 0 Å². The molecule has 0 unspecified atom stereocenters. The Morgan fingerprint density at radius 3 is 2.13 bits per heavy atom. The van der Waals surface area contributed by atoms with E-state index < -0.39 is 0 Å². The first-order chi connectivity index (χ1) is 15.2. The van der Waals surface area contributed by atoms with Crippen LogP contribution in [0.1, 0.15) is 64.3 Å². The summed E-state index contributed by atoms with van der Waals surface area (Å²) in [6, 6.07) is 19.3. The Bertz CT molecular complexity index is 916. The monoisotopic (exact) mass is 436 g/mol. The van der Waals surface area contributed by atoms with Crippen LogP contribution in [-0.4, -0.2) is 17.4 Å². The Hall–Kier alpha value is -2.46. The van der Waals surface area contributed by atoms with Crippen LogP contribution >= 0.6 is 11.3 Å². The standard InChI is InChI=1S/C23H24N2OS.2C2H6/c1-17(26)25-16-6-5-9-21-23(25)27-22(24-21)20-14-12-19(13-15-20)11-10-18-7-3-2-4-8-18;2*1-2/h2-4,7-8,12-15H,5-6,9-11,16H2,1H3;2*1-2H3. The van der Waals surface area contributed by atoms with Crippen molar-refractivity contribution in [2.24, 2.45) is 0 Å². The van der Waals surface area contributed by atoms with Gasteiger partial charge in [0.05, 0.1) is 5.69 Å². The van der Waals surface area contributed by atoms with E-state index in [9.17, 15) is 4.79 Å². The summed E-state index contributed by atoms with van der Waals surface area (Å²) in [5, 5.41) is 2.06. The average Bonchev–Trinajstić information content (AvgIpc) is 3.14. The minimum Gasteiger partial charge on any atom is -0.302 e. The van der Waals surface area contributed by atoms with Gasteiger partial charge in [-0.3, -0.25) is 4.79 Å². The zero-order chi connectivity index (χ0) is 22.6. The molecule has 2 heterocycles. The van der Waals surface area contributed by atoms with E-state index in [-0.39, 0.29) is 5.91 Å². The number of aryl methyl sites for hydroxylation is 3. The van der Waals surface area contributed by atoms with Crippen LogP contribution in [0.2, 0.25) is 0 Å². The lowest BCUT2D eigenvalue weighted by molar-refractivity contribution is -0.116. The molecule has 4 rings (SSSR count). The molecular formula is C27H36N2OS. The molecule has 31 heavy (non-hydrogen) atoms. The number of nitrogens with zero attached hydrogens (tertiary/aromatic N) is 2. The van der Waals surface area contributed by atoms with Crippen molar-refractivity contribution >= 4 is 22.2 Å². The van der Waals surface area contributed by atoms with E-state index in [1.54, 1.807) is 18.3 Å². The summed E-state index contributed by atoms with van der Waals surface area (Å²) in [4.78, 5) is 18.8. The quantitative estimate of drug-likeness (QED) is 0.429. The van der Waals surface area contributed by atoms with Crippen molar-refractivity contribution in [1.29, 1.82) is 0 Å². The Kier molecular flexibility index (Phi) is 10.5. The number of thiazole rings is 1. The van der Waals surface area contributed by atoms with E-state index >= 15 is 0 Å². The van der Waals surface area contributed by atoms with Crippen LogP contribution in [0.25, 0.3) is 10.6 Å².